The Morgan fingerprint density at radius 1 is 1.30 bits per heavy atom. The van der Waals surface area contributed by atoms with Gasteiger partial charge in [-0.2, -0.15) is 0 Å². The quantitative estimate of drug-likeness (QED) is 0.740. The molecule has 0 saturated carbocycles. The van der Waals surface area contributed by atoms with Crippen molar-refractivity contribution in [2.24, 2.45) is 0 Å². The number of aromatic nitrogens is 2. The molecule has 1 heterocycles. The van der Waals surface area contributed by atoms with Crippen molar-refractivity contribution >= 4 is 23.4 Å². The minimum atomic E-state index is -0.194. The molecule has 23 heavy (non-hydrogen) atoms. The zero-order valence-corrected chi connectivity index (χ0v) is 14.7. The zero-order valence-electron chi connectivity index (χ0n) is 13.8. The molecule has 1 amide bonds. The van der Waals surface area contributed by atoms with Gasteiger partial charge in [-0.1, -0.05) is 26.0 Å². The maximum Gasteiger partial charge on any atom is 0.262 e. The van der Waals surface area contributed by atoms with Crippen LogP contribution in [0, 0.1) is 0 Å². The van der Waals surface area contributed by atoms with Gasteiger partial charge >= 0.3 is 0 Å². The molecule has 0 aliphatic rings. The van der Waals surface area contributed by atoms with Crippen LogP contribution in [0.5, 0.6) is 5.88 Å². The highest BCUT2D eigenvalue weighted by Gasteiger charge is 2.18. The summed E-state index contributed by atoms with van der Waals surface area (Å²) in [6.07, 6.45) is 5.56. The van der Waals surface area contributed by atoms with E-state index in [-0.39, 0.29) is 5.91 Å². The van der Waals surface area contributed by atoms with Crippen LogP contribution in [-0.4, -0.2) is 28.6 Å². The van der Waals surface area contributed by atoms with Crippen molar-refractivity contribution in [1.82, 2.24) is 9.78 Å². The minimum Gasteiger partial charge on any atom is -0.476 e. The SMILES string of the molecule is CCCOc1nn(CCC)cc1C(=O)Nc1ccccc1SC. The topological polar surface area (TPSA) is 56.2 Å². The maximum absolute atomic E-state index is 12.6. The third kappa shape index (κ3) is 4.51. The zero-order chi connectivity index (χ0) is 16.7. The van der Waals surface area contributed by atoms with Gasteiger partial charge in [0, 0.05) is 17.6 Å². The fourth-order valence-corrected chi connectivity index (χ4v) is 2.70. The molecule has 1 aromatic heterocycles. The number of nitrogens with zero attached hydrogens (tertiary/aromatic N) is 2. The van der Waals surface area contributed by atoms with Crippen LogP contribution < -0.4 is 10.1 Å². The number of rotatable bonds is 8. The first-order chi connectivity index (χ1) is 11.2. The molecule has 1 aromatic carbocycles. The number of benzene rings is 1. The number of thioether (sulfide) groups is 1. The Balaban J connectivity index is 2.23. The molecule has 5 nitrogen and oxygen atoms in total. The van der Waals surface area contributed by atoms with Crippen LogP contribution in [0.3, 0.4) is 0 Å². The number of carbonyl (C=O) groups is 1. The summed E-state index contributed by atoms with van der Waals surface area (Å²) in [7, 11) is 0. The Morgan fingerprint density at radius 2 is 2.09 bits per heavy atom. The van der Waals surface area contributed by atoms with E-state index in [0.29, 0.717) is 18.1 Å². The molecule has 2 rings (SSSR count). The van der Waals surface area contributed by atoms with Gasteiger partial charge < -0.3 is 10.1 Å². The number of nitrogens with one attached hydrogen (secondary N) is 1. The summed E-state index contributed by atoms with van der Waals surface area (Å²) in [6.45, 7) is 5.40. The third-order valence-electron chi connectivity index (χ3n) is 3.22. The van der Waals surface area contributed by atoms with Gasteiger partial charge in [0.2, 0.25) is 5.88 Å². The second-order valence-corrected chi connectivity index (χ2v) is 5.96. The predicted octanol–water partition coefficient (Wildman–Crippen LogP) is 4.06. The second-order valence-electron chi connectivity index (χ2n) is 5.11. The van der Waals surface area contributed by atoms with Gasteiger partial charge in [0.05, 0.1) is 12.3 Å². The first-order valence-corrected chi connectivity index (χ1v) is 9.06. The van der Waals surface area contributed by atoms with Gasteiger partial charge in [0.1, 0.15) is 5.56 Å². The lowest BCUT2D eigenvalue weighted by Crippen LogP contribution is -2.13. The van der Waals surface area contributed by atoms with E-state index < -0.39 is 0 Å². The molecule has 0 aliphatic carbocycles. The standard InChI is InChI=1S/C17H23N3O2S/c1-4-10-20-12-13(17(19-20)22-11-5-2)16(21)18-14-8-6-7-9-15(14)23-3/h6-9,12H,4-5,10-11H2,1-3H3,(H,18,21). The number of hydrogen-bond acceptors (Lipinski definition) is 4. The van der Waals surface area contributed by atoms with Crippen LogP contribution in [0.25, 0.3) is 0 Å². The average Bonchev–Trinajstić information content (AvgIpc) is 2.96. The van der Waals surface area contributed by atoms with Crippen molar-refractivity contribution in [3.8, 4) is 5.88 Å². The molecule has 0 spiro atoms. The van der Waals surface area contributed by atoms with E-state index >= 15 is 0 Å². The van der Waals surface area contributed by atoms with Crippen LogP contribution in [0.4, 0.5) is 5.69 Å². The molecule has 124 valence electrons. The number of anilines is 1. The summed E-state index contributed by atoms with van der Waals surface area (Å²) in [5.74, 6) is 0.208. The largest absolute Gasteiger partial charge is 0.476 e. The monoisotopic (exact) mass is 333 g/mol. The number of carbonyl (C=O) groups excluding carboxylic acids is 1. The van der Waals surface area contributed by atoms with Crippen molar-refractivity contribution in [1.29, 1.82) is 0 Å². The first kappa shape index (κ1) is 17.4. The first-order valence-electron chi connectivity index (χ1n) is 7.84. The van der Waals surface area contributed by atoms with E-state index in [4.69, 9.17) is 4.74 Å². The Kier molecular flexibility index (Phi) is 6.52. The van der Waals surface area contributed by atoms with Gasteiger partial charge in [0.15, 0.2) is 0 Å². The molecule has 0 radical (unpaired) electrons. The summed E-state index contributed by atoms with van der Waals surface area (Å²) >= 11 is 1.60. The molecule has 0 aliphatic heterocycles. The number of para-hydroxylation sites is 1. The van der Waals surface area contributed by atoms with Crippen molar-refractivity contribution in [3.63, 3.8) is 0 Å². The summed E-state index contributed by atoms with van der Waals surface area (Å²) < 4.78 is 7.39. The molecular weight excluding hydrogens is 310 g/mol. The van der Waals surface area contributed by atoms with Crippen molar-refractivity contribution < 1.29 is 9.53 Å². The highest BCUT2D eigenvalue weighted by Crippen LogP contribution is 2.26. The Labute approximate surface area is 141 Å². The normalized spacial score (nSPS) is 10.6. The summed E-state index contributed by atoms with van der Waals surface area (Å²) in [5.41, 5.74) is 1.28. The van der Waals surface area contributed by atoms with Crippen LogP contribution >= 0.6 is 11.8 Å². The number of hydrogen-bond donors (Lipinski definition) is 1. The van der Waals surface area contributed by atoms with Gasteiger partial charge in [-0.3, -0.25) is 9.48 Å². The van der Waals surface area contributed by atoms with Crippen molar-refractivity contribution in [3.05, 3.63) is 36.0 Å². The second kappa shape index (κ2) is 8.62. The van der Waals surface area contributed by atoms with Gasteiger partial charge in [-0.05, 0) is 31.2 Å². The maximum atomic E-state index is 12.6. The fourth-order valence-electron chi connectivity index (χ4n) is 2.15. The molecular formula is C17H23N3O2S. The van der Waals surface area contributed by atoms with E-state index in [2.05, 4.69) is 17.3 Å². The van der Waals surface area contributed by atoms with Gasteiger partial charge in [0.25, 0.3) is 5.91 Å². The predicted molar refractivity (Wildman–Crippen MR) is 94.5 cm³/mol. The Bertz CT molecular complexity index is 655. The number of amides is 1. The summed E-state index contributed by atoms with van der Waals surface area (Å²) in [4.78, 5) is 13.7. The minimum absolute atomic E-state index is 0.194. The Hall–Kier alpha value is -1.95. The highest BCUT2D eigenvalue weighted by atomic mass is 32.2. The van der Waals surface area contributed by atoms with Crippen molar-refractivity contribution in [2.45, 2.75) is 38.1 Å². The van der Waals surface area contributed by atoms with E-state index in [1.165, 1.54) is 0 Å². The van der Waals surface area contributed by atoms with E-state index in [0.717, 1.165) is 30.0 Å². The lowest BCUT2D eigenvalue weighted by atomic mass is 10.2. The van der Waals surface area contributed by atoms with Crippen molar-refractivity contribution in [2.75, 3.05) is 18.2 Å². The molecule has 0 saturated heterocycles. The Morgan fingerprint density at radius 3 is 2.78 bits per heavy atom. The van der Waals surface area contributed by atoms with E-state index in [9.17, 15) is 4.79 Å². The average molecular weight is 333 g/mol. The van der Waals surface area contributed by atoms with Crippen LogP contribution in [0.15, 0.2) is 35.4 Å². The number of aryl methyl sites for hydroxylation is 1. The van der Waals surface area contributed by atoms with Gasteiger partial charge in [-0.15, -0.1) is 16.9 Å². The highest BCUT2D eigenvalue weighted by molar-refractivity contribution is 7.98. The molecule has 2 aromatic rings. The van der Waals surface area contributed by atoms with Crippen LogP contribution in [-0.2, 0) is 6.54 Å². The molecule has 0 bridgehead atoms. The summed E-state index contributed by atoms with van der Waals surface area (Å²) in [5, 5.41) is 7.33. The van der Waals surface area contributed by atoms with Gasteiger partial charge in [-0.25, -0.2) is 0 Å². The fraction of sp³-hybridized carbons (Fsp3) is 0.412. The molecule has 0 atom stereocenters. The van der Waals surface area contributed by atoms with E-state index in [1.54, 1.807) is 22.6 Å². The smallest absolute Gasteiger partial charge is 0.262 e. The molecule has 0 unspecified atom stereocenters. The molecule has 6 heteroatoms. The summed E-state index contributed by atoms with van der Waals surface area (Å²) in [6, 6.07) is 7.74. The van der Waals surface area contributed by atoms with Crippen LogP contribution in [0.1, 0.15) is 37.0 Å². The van der Waals surface area contributed by atoms with Crippen LogP contribution in [0.2, 0.25) is 0 Å². The molecule has 1 N–H and O–H groups in total. The molecule has 0 fully saturated rings. The third-order valence-corrected chi connectivity index (χ3v) is 4.02. The lowest BCUT2D eigenvalue weighted by molar-refractivity contribution is 0.102. The number of ether oxygens (including phenoxy) is 1. The van der Waals surface area contributed by atoms with E-state index in [1.807, 2.05) is 37.4 Å². The lowest BCUT2D eigenvalue weighted by Gasteiger charge is -2.09.